The fraction of sp³-hybridized carbons (Fsp3) is 0.636. The molecule has 0 atom stereocenters. The molecule has 2 N–H and O–H groups in total. The molecule has 1 aromatic heterocycles. The van der Waals surface area contributed by atoms with Gasteiger partial charge in [0, 0.05) is 32.5 Å². The van der Waals surface area contributed by atoms with Crippen molar-refractivity contribution in [1.29, 1.82) is 0 Å². The lowest BCUT2D eigenvalue weighted by Crippen LogP contribution is -2.32. The van der Waals surface area contributed by atoms with Gasteiger partial charge in [-0.1, -0.05) is 0 Å². The van der Waals surface area contributed by atoms with Crippen molar-refractivity contribution >= 4 is 11.6 Å². The summed E-state index contributed by atoms with van der Waals surface area (Å²) in [5.41, 5.74) is 5.78. The van der Waals surface area contributed by atoms with Crippen LogP contribution in [-0.4, -0.2) is 48.1 Å². The van der Waals surface area contributed by atoms with E-state index < -0.39 is 0 Å². The Labute approximate surface area is 96.3 Å². The zero-order valence-corrected chi connectivity index (χ0v) is 9.76. The van der Waals surface area contributed by atoms with Gasteiger partial charge in [0.2, 0.25) is 0 Å². The fourth-order valence-corrected chi connectivity index (χ4v) is 2.04. The lowest BCUT2D eigenvalue weighted by Gasteiger charge is -2.22. The number of likely N-dealkylation sites (tertiary alicyclic amines) is 1. The van der Waals surface area contributed by atoms with Gasteiger partial charge in [-0.3, -0.25) is 0 Å². The molecule has 0 unspecified atom stereocenters. The van der Waals surface area contributed by atoms with E-state index in [9.17, 15) is 0 Å². The molecule has 0 aliphatic carbocycles. The van der Waals surface area contributed by atoms with Gasteiger partial charge in [-0.2, -0.15) is 0 Å². The van der Waals surface area contributed by atoms with Crippen LogP contribution in [0.15, 0.2) is 12.4 Å². The largest absolute Gasteiger partial charge is 0.381 e. The molecule has 1 aliphatic heterocycles. The van der Waals surface area contributed by atoms with E-state index in [0.29, 0.717) is 5.82 Å². The van der Waals surface area contributed by atoms with Gasteiger partial charge in [0.1, 0.15) is 0 Å². The molecule has 0 bridgehead atoms. The molecule has 1 fully saturated rings. The maximum Gasteiger partial charge on any atom is 0.171 e. The molecule has 0 saturated carbocycles. The van der Waals surface area contributed by atoms with E-state index in [4.69, 9.17) is 5.73 Å². The minimum atomic E-state index is 0.506. The van der Waals surface area contributed by atoms with Gasteiger partial charge in [0.25, 0.3) is 0 Å². The SMILES string of the molecule is CN(CCN1CCCC1)c1nccnc1N. The van der Waals surface area contributed by atoms with E-state index in [-0.39, 0.29) is 0 Å². The van der Waals surface area contributed by atoms with Gasteiger partial charge in [-0.05, 0) is 25.9 Å². The summed E-state index contributed by atoms with van der Waals surface area (Å²) in [4.78, 5) is 12.8. The zero-order chi connectivity index (χ0) is 11.4. The van der Waals surface area contributed by atoms with Gasteiger partial charge in [0.15, 0.2) is 11.6 Å². The molecule has 2 heterocycles. The van der Waals surface area contributed by atoms with Crippen molar-refractivity contribution in [3.05, 3.63) is 12.4 Å². The summed E-state index contributed by atoms with van der Waals surface area (Å²) in [5.74, 6) is 1.29. The number of likely N-dealkylation sites (N-methyl/N-ethyl adjacent to an activating group) is 1. The number of nitrogens with two attached hydrogens (primary N) is 1. The average Bonchev–Trinajstić information content (AvgIpc) is 2.79. The van der Waals surface area contributed by atoms with Gasteiger partial charge < -0.3 is 15.5 Å². The van der Waals surface area contributed by atoms with Crippen molar-refractivity contribution in [2.45, 2.75) is 12.8 Å². The van der Waals surface area contributed by atoms with Crippen LogP contribution in [0.3, 0.4) is 0 Å². The summed E-state index contributed by atoms with van der Waals surface area (Å²) in [7, 11) is 2.01. The van der Waals surface area contributed by atoms with Gasteiger partial charge in [0.05, 0.1) is 0 Å². The number of hydrogen-bond acceptors (Lipinski definition) is 5. The third-order valence-electron chi connectivity index (χ3n) is 3.02. The second kappa shape index (κ2) is 5.12. The van der Waals surface area contributed by atoms with E-state index in [0.717, 1.165) is 18.9 Å². The summed E-state index contributed by atoms with van der Waals surface area (Å²) >= 11 is 0. The third-order valence-corrected chi connectivity index (χ3v) is 3.02. The highest BCUT2D eigenvalue weighted by Gasteiger charge is 2.13. The summed E-state index contributed by atoms with van der Waals surface area (Å²) in [6.45, 7) is 4.48. The zero-order valence-electron chi connectivity index (χ0n) is 9.76. The van der Waals surface area contributed by atoms with E-state index >= 15 is 0 Å². The molecule has 5 nitrogen and oxygen atoms in total. The Morgan fingerprint density at radius 3 is 2.69 bits per heavy atom. The number of anilines is 2. The normalized spacial score (nSPS) is 16.6. The summed E-state index contributed by atoms with van der Waals surface area (Å²) < 4.78 is 0. The van der Waals surface area contributed by atoms with Gasteiger partial charge >= 0.3 is 0 Å². The van der Waals surface area contributed by atoms with Crippen molar-refractivity contribution in [3.8, 4) is 0 Å². The molecule has 1 saturated heterocycles. The maximum atomic E-state index is 5.78. The van der Waals surface area contributed by atoms with Crippen LogP contribution >= 0.6 is 0 Å². The van der Waals surface area contributed by atoms with E-state index in [1.54, 1.807) is 12.4 Å². The van der Waals surface area contributed by atoms with Crippen molar-refractivity contribution < 1.29 is 0 Å². The first kappa shape index (κ1) is 11.1. The van der Waals surface area contributed by atoms with Crippen LogP contribution < -0.4 is 10.6 Å². The highest BCUT2D eigenvalue weighted by atomic mass is 15.2. The third kappa shape index (κ3) is 2.61. The average molecular weight is 221 g/mol. The quantitative estimate of drug-likeness (QED) is 0.806. The van der Waals surface area contributed by atoms with Crippen molar-refractivity contribution in [1.82, 2.24) is 14.9 Å². The lowest BCUT2D eigenvalue weighted by atomic mass is 10.4. The van der Waals surface area contributed by atoms with E-state index in [1.165, 1.54) is 25.9 Å². The Hall–Kier alpha value is -1.36. The molecule has 16 heavy (non-hydrogen) atoms. The summed E-state index contributed by atoms with van der Waals surface area (Å²) in [6.07, 6.45) is 5.96. The molecule has 0 aromatic carbocycles. The topological polar surface area (TPSA) is 58.3 Å². The number of hydrogen-bond donors (Lipinski definition) is 1. The standard InChI is InChI=1S/C11H19N5/c1-15(8-9-16-6-2-3-7-16)11-10(12)13-4-5-14-11/h4-5H,2-3,6-9H2,1H3,(H2,12,13). The molecule has 1 aliphatic rings. The first-order chi connectivity index (χ1) is 7.77. The van der Waals surface area contributed by atoms with E-state index in [2.05, 4.69) is 19.8 Å². The monoisotopic (exact) mass is 221 g/mol. The predicted octanol–water partition coefficient (Wildman–Crippen LogP) is 0.591. The van der Waals surface area contributed by atoms with Gasteiger partial charge in [-0.25, -0.2) is 9.97 Å². The summed E-state index contributed by atoms with van der Waals surface area (Å²) in [5, 5.41) is 0. The molecule has 0 spiro atoms. The van der Waals surface area contributed by atoms with Crippen LogP contribution in [0.25, 0.3) is 0 Å². The van der Waals surface area contributed by atoms with Gasteiger partial charge in [-0.15, -0.1) is 0 Å². The number of rotatable bonds is 4. The number of nitrogens with zero attached hydrogens (tertiary/aromatic N) is 4. The molecule has 88 valence electrons. The Bertz CT molecular complexity index is 335. The van der Waals surface area contributed by atoms with Crippen LogP contribution in [0.2, 0.25) is 0 Å². The molecule has 2 rings (SSSR count). The number of aromatic nitrogens is 2. The molecular weight excluding hydrogens is 202 g/mol. The Morgan fingerprint density at radius 2 is 2.00 bits per heavy atom. The second-order valence-electron chi connectivity index (χ2n) is 4.24. The van der Waals surface area contributed by atoms with Crippen LogP contribution in [-0.2, 0) is 0 Å². The lowest BCUT2D eigenvalue weighted by molar-refractivity contribution is 0.346. The number of nitrogen functional groups attached to an aromatic ring is 1. The smallest absolute Gasteiger partial charge is 0.171 e. The predicted molar refractivity (Wildman–Crippen MR) is 65.4 cm³/mol. The molecule has 5 heteroatoms. The first-order valence-electron chi connectivity index (χ1n) is 5.77. The minimum absolute atomic E-state index is 0.506. The van der Waals surface area contributed by atoms with Crippen LogP contribution in [0.1, 0.15) is 12.8 Å². The minimum Gasteiger partial charge on any atom is -0.381 e. The highest BCUT2D eigenvalue weighted by molar-refractivity contribution is 5.56. The second-order valence-corrected chi connectivity index (χ2v) is 4.24. The maximum absolute atomic E-state index is 5.78. The Morgan fingerprint density at radius 1 is 1.31 bits per heavy atom. The van der Waals surface area contributed by atoms with Crippen molar-refractivity contribution in [3.63, 3.8) is 0 Å². The van der Waals surface area contributed by atoms with Crippen molar-refractivity contribution in [2.75, 3.05) is 43.9 Å². The van der Waals surface area contributed by atoms with Crippen molar-refractivity contribution in [2.24, 2.45) is 0 Å². The van der Waals surface area contributed by atoms with E-state index in [1.807, 2.05) is 7.05 Å². The summed E-state index contributed by atoms with van der Waals surface area (Å²) in [6, 6.07) is 0. The van der Waals surface area contributed by atoms with Crippen LogP contribution in [0.4, 0.5) is 11.6 Å². The highest BCUT2D eigenvalue weighted by Crippen LogP contribution is 2.15. The molecule has 0 amide bonds. The Balaban J connectivity index is 1.87. The molecular formula is C11H19N5. The molecule has 1 aromatic rings. The molecule has 0 radical (unpaired) electrons. The Kier molecular flexibility index (Phi) is 3.56. The fourth-order valence-electron chi connectivity index (χ4n) is 2.04. The first-order valence-corrected chi connectivity index (χ1v) is 5.77. The van der Waals surface area contributed by atoms with Crippen LogP contribution in [0.5, 0.6) is 0 Å². The van der Waals surface area contributed by atoms with Crippen LogP contribution in [0, 0.1) is 0 Å².